The van der Waals surface area contributed by atoms with Gasteiger partial charge < -0.3 is 15.6 Å². The number of benzene rings is 1. The van der Waals surface area contributed by atoms with Crippen LogP contribution in [0.3, 0.4) is 0 Å². The van der Waals surface area contributed by atoms with E-state index in [9.17, 15) is 9.50 Å². The summed E-state index contributed by atoms with van der Waals surface area (Å²) < 4.78 is 19.2. The van der Waals surface area contributed by atoms with E-state index in [1.807, 2.05) is 0 Å². The molecule has 0 bridgehead atoms. The highest BCUT2D eigenvalue weighted by Crippen LogP contribution is 2.30. The molecule has 0 aromatic heterocycles. The zero-order chi connectivity index (χ0) is 11.6. The molecule has 1 aromatic rings. The van der Waals surface area contributed by atoms with Crippen molar-refractivity contribution in [2.24, 2.45) is 5.73 Å². The third-order valence-corrected chi connectivity index (χ3v) is 2.53. The van der Waals surface area contributed by atoms with Gasteiger partial charge in [0, 0.05) is 16.1 Å². The van der Waals surface area contributed by atoms with Gasteiger partial charge in [-0.3, -0.25) is 0 Å². The Morgan fingerprint density at radius 2 is 2.13 bits per heavy atom. The molecule has 0 aliphatic heterocycles. The predicted molar refractivity (Wildman–Crippen MR) is 59.3 cm³/mol. The van der Waals surface area contributed by atoms with Gasteiger partial charge in [-0.2, -0.15) is 0 Å². The fraction of sp³-hybridized carbons (Fsp3) is 0.400. The van der Waals surface area contributed by atoms with Crippen LogP contribution in [-0.4, -0.2) is 18.3 Å². The molecule has 0 saturated carbocycles. The molecule has 15 heavy (non-hydrogen) atoms. The second-order valence-electron chi connectivity index (χ2n) is 3.32. The van der Waals surface area contributed by atoms with Crippen molar-refractivity contribution in [2.45, 2.75) is 19.1 Å². The topological polar surface area (TPSA) is 55.5 Å². The smallest absolute Gasteiger partial charge is 0.170 e. The van der Waals surface area contributed by atoms with Gasteiger partial charge in [-0.25, -0.2) is 4.39 Å². The highest BCUT2D eigenvalue weighted by atomic mass is 79.9. The molecule has 5 heteroatoms. The Kier molecular flexibility index (Phi) is 4.07. The van der Waals surface area contributed by atoms with Crippen molar-refractivity contribution >= 4 is 15.9 Å². The molecule has 0 aliphatic rings. The number of ether oxygens (including phenoxy) is 1. The molecule has 1 aromatic carbocycles. The predicted octanol–water partition coefficient (Wildman–Crippen LogP) is 1.98. The molecule has 1 rings (SSSR count). The molecule has 0 spiro atoms. The molecule has 2 unspecified atom stereocenters. The van der Waals surface area contributed by atoms with Gasteiger partial charge in [0.25, 0.3) is 0 Å². The van der Waals surface area contributed by atoms with E-state index in [0.29, 0.717) is 4.47 Å². The first-order chi connectivity index (χ1) is 6.97. The minimum atomic E-state index is -1.05. The lowest BCUT2D eigenvalue weighted by Gasteiger charge is -2.17. The Balaban J connectivity index is 3.22. The number of methoxy groups -OCH3 is 1. The standard InChI is InChI=1S/C10H13BrFNO2/c1-5(13)10(14)7-3-6(11)4-8(15-2)9(7)12/h3-5,10,14H,13H2,1-2H3. The molecule has 0 radical (unpaired) electrons. The lowest BCUT2D eigenvalue weighted by molar-refractivity contribution is 0.148. The van der Waals surface area contributed by atoms with Gasteiger partial charge in [-0.15, -0.1) is 0 Å². The van der Waals surface area contributed by atoms with Crippen LogP contribution in [0.25, 0.3) is 0 Å². The summed E-state index contributed by atoms with van der Waals surface area (Å²) in [5.74, 6) is -0.496. The average molecular weight is 278 g/mol. The van der Waals surface area contributed by atoms with Crippen molar-refractivity contribution < 1.29 is 14.2 Å². The van der Waals surface area contributed by atoms with Crippen molar-refractivity contribution in [2.75, 3.05) is 7.11 Å². The van der Waals surface area contributed by atoms with Crippen LogP contribution in [0.4, 0.5) is 4.39 Å². The van der Waals surface area contributed by atoms with E-state index >= 15 is 0 Å². The van der Waals surface area contributed by atoms with Crippen LogP contribution >= 0.6 is 15.9 Å². The minimum Gasteiger partial charge on any atom is -0.494 e. The number of rotatable bonds is 3. The van der Waals surface area contributed by atoms with Crippen molar-refractivity contribution in [1.82, 2.24) is 0 Å². The van der Waals surface area contributed by atoms with E-state index in [4.69, 9.17) is 10.5 Å². The van der Waals surface area contributed by atoms with Gasteiger partial charge in [0.15, 0.2) is 11.6 Å². The molecule has 2 atom stereocenters. The highest BCUT2D eigenvalue weighted by molar-refractivity contribution is 9.10. The Morgan fingerprint density at radius 1 is 1.53 bits per heavy atom. The second-order valence-corrected chi connectivity index (χ2v) is 4.23. The van der Waals surface area contributed by atoms with Gasteiger partial charge in [-0.05, 0) is 19.1 Å². The third kappa shape index (κ3) is 2.68. The number of halogens is 2. The summed E-state index contributed by atoms with van der Waals surface area (Å²) >= 11 is 3.21. The van der Waals surface area contributed by atoms with Crippen LogP contribution in [0, 0.1) is 5.82 Å². The van der Waals surface area contributed by atoms with Crippen molar-refractivity contribution in [3.8, 4) is 5.75 Å². The molecular weight excluding hydrogens is 265 g/mol. The first kappa shape index (κ1) is 12.4. The Labute approximate surface area is 96.2 Å². The Morgan fingerprint density at radius 3 is 2.60 bits per heavy atom. The molecule has 0 amide bonds. The van der Waals surface area contributed by atoms with E-state index in [-0.39, 0.29) is 11.3 Å². The Bertz CT molecular complexity index is 358. The zero-order valence-corrected chi connectivity index (χ0v) is 10.1. The Hall–Kier alpha value is -0.650. The van der Waals surface area contributed by atoms with E-state index in [2.05, 4.69) is 15.9 Å². The number of nitrogens with two attached hydrogens (primary N) is 1. The minimum absolute atomic E-state index is 0.0825. The van der Waals surface area contributed by atoms with Crippen LogP contribution in [0.5, 0.6) is 5.75 Å². The number of aliphatic hydroxyl groups excluding tert-OH is 1. The van der Waals surface area contributed by atoms with Crippen molar-refractivity contribution in [1.29, 1.82) is 0 Å². The molecular formula is C10H13BrFNO2. The van der Waals surface area contributed by atoms with Crippen LogP contribution < -0.4 is 10.5 Å². The van der Waals surface area contributed by atoms with Gasteiger partial charge in [0.05, 0.1) is 13.2 Å². The summed E-state index contributed by atoms with van der Waals surface area (Å²) in [5, 5.41) is 9.68. The van der Waals surface area contributed by atoms with Crippen molar-refractivity contribution in [3.63, 3.8) is 0 Å². The average Bonchev–Trinajstić information content (AvgIpc) is 2.19. The van der Waals surface area contributed by atoms with Gasteiger partial charge in [0.1, 0.15) is 0 Å². The van der Waals surface area contributed by atoms with Crippen LogP contribution in [0.2, 0.25) is 0 Å². The number of hydrogen-bond acceptors (Lipinski definition) is 3. The highest BCUT2D eigenvalue weighted by Gasteiger charge is 2.20. The molecule has 0 saturated heterocycles. The zero-order valence-electron chi connectivity index (χ0n) is 8.50. The van der Waals surface area contributed by atoms with Gasteiger partial charge in [-0.1, -0.05) is 15.9 Å². The van der Waals surface area contributed by atoms with Crippen LogP contribution in [0.1, 0.15) is 18.6 Å². The summed E-state index contributed by atoms with van der Waals surface area (Å²) in [5.41, 5.74) is 5.64. The van der Waals surface area contributed by atoms with Crippen LogP contribution in [0.15, 0.2) is 16.6 Å². The fourth-order valence-electron chi connectivity index (χ4n) is 1.23. The maximum atomic E-state index is 13.7. The first-order valence-electron chi connectivity index (χ1n) is 4.44. The largest absolute Gasteiger partial charge is 0.494 e. The summed E-state index contributed by atoms with van der Waals surface area (Å²) in [4.78, 5) is 0. The lowest BCUT2D eigenvalue weighted by Crippen LogP contribution is -2.25. The number of hydrogen-bond donors (Lipinski definition) is 2. The van der Waals surface area contributed by atoms with E-state index in [1.54, 1.807) is 6.92 Å². The molecule has 3 nitrogen and oxygen atoms in total. The first-order valence-corrected chi connectivity index (χ1v) is 5.23. The summed E-state index contributed by atoms with van der Waals surface area (Å²) in [6.07, 6.45) is -1.05. The quantitative estimate of drug-likeness (QED) is 0.888. The number of aliphatic hydroxyl groups is 1. The molecule has 0 heterocycles. The van der Waals surface area contributed by atoms with Gasteiger partial charge in [0.2, 0.25) is 0 Å². The normalized spacial score (nSPS) is 14.8. The summed E-state index contributed by atoms with van der Waals surface area (Å²) in [7, 11) is 1.37. The second kappa shape index (κ2) is 4.92. The van der Waals surface area contributed by atoms with Crippen LogP contribution in [-0.2, 0) is 0 Å². The SMILES string of the molecule is COc1cc(Br)cc(C(O)C(C)N)c1F. The van der Waals surface area contributed by atoms with E-state index in [1.165, 1.54) is 19.2 Å². The molecule has 84 valence electrons. The summed E-state index contributed by atoms with van der Waals surface area (Å²) in [6, 6.07) is 2.44. The monoisotopic (exact) mass is 277 g/mol. The molecule has 0 aliphatic carbocycles. The van der Waals surface area contributed by atoms with E-state index in [0.717, 1.165) is 0 Å². The van der Waals surface area contributed by atoms with Crippen molar-refractivity contribution in [3.05, 3.63) is 28.0 Å². The summed E-state index contributed by atoms with van der Waals surface area (Å²) in [6.45, 7) is 1.61. The van der Waals surface area contributed by atoms with Gasteiger partial charge >= 0.3 is 0 Å². The maximum Gasteiger partial charge on any atom is 0.170 e. The third-order valence-electron chi connectivity index (χ3n) is 2.07. The van der Waals surface area contributed by atoms with E-state index < -0.39 is 18.0 Å². The molecule has 3 N–H and O–H groups in total. The fourth-order valence-corrected chi connectivity index (χ4v) is 1.69. The maximum absolute atomic E-state index is 13.7. The molecule has 0 fully saturated rings. The lowest BCUT2D eigenvalue weighted by atomic mass is 10.0.